The van der Waals surface area contributed by atoms with Crippen LogP contribution in [0, 0.1) is 5.82 Å². The molecule has 0 unspecified atom stereocenters. The molecule has 2 aromatic heterocycles. The summed E-state index contributed by atoms with van der Waals surface area (Å²) in [7, 11) is 3.13. The van der Waals surface area contributed by atoms with Gasteiger partial charge in [-0.05, 0) is 54.1 Å². The number of nitrogens with one attached hydrogen (secondary N) is 1. The SMILES string of the molecule is COc1ccc(CNc2nc(-c3cccnc3)nn2C(=O)c2ccc(F)cc2)cc1OC. The number of hydrogen-bond donors (Lipinski definition) is 1. The molecule has 0 saturated heterocycles. The Balaban J connectivity index is 1.66. The topological polar surface area (TPSA) is 91.2 Å². The van der Waals surface area contributed by atoms with Crippen molar-refractivity contribution in [3.8, 4) is 22.9 Å². The number of hydrogen-bond acceptors (Lipinski definition) is 7. The zero-order chi connectivity index (χ0) is 22.5. The molecule has 4 aromatic rings. The molecular formula is C23H20FN5O3. The second kappa shape index (κ2) is 9.25. The fraction of sp³-hybridized carbons (Fsp3) is 0.130. The van der Waals surface area contributed by atoms with Crippen LogP contribution in [0.2, 0.25) is 0 Å². The second-order valence-corrected chi connectivity index (χ2v) is 6.77. The molecule has 0 fully saturated rings. The Hall–Kier alpha value is -4.27. The van der Waals surface area contributed by atoms with Crippen molar-refractivity contribution in [3.05, 3.63) is 83.9 Å². The number of halogens is 1. The van der Waals surface area contributed by atoms with E-state index in [4.69, 9.17) is 9.47 Å². The maximum absolute atomic E-state index is 13.3. The van der Waals surface area contributed by atoms with Gasteiger partial charge in [-0.1, -0.05) is 6.07 Å². The van der Waals surface area contributed by atoms with Gasteiger partial charge in [-0.25, -0.2) is 4.39 Å². The van der Waals surface area contributed by atoms with Crippen LogP contribution in [0.25, 0.3) is 11.4 Å². The van der Waals surface area contributed by atoms with E-state index in [0.717, 1.165) is 10.2 Å². The van der Waals surface area contributed by atoms with Crippen LogP contribution in [0.4, 0.5) is 10.3 Å². The third-order valence-corrected chi connectivity index (χ3v) is 4.71. The smallest absolute Gasteiger partial charge is 0.281 e. The summed E-state index contributed by atoms with van der Waals surface area (Å²) in [5, 5.41) is 7.52. The molecule has 0 aliphatic heterocycles. The first-order valence-corrected chi connectivity index (χ1v) is 9.71. The predicted molar refractivity (Wildman–Crippen MR) is 116 cm³/mol. The number of aromatic nitrogens is 4. The average Bonchev–Trinajstić information content (AvgIpc) is 3.27. The van der Waals surface area contributed by atoms with Gasteiger partial charge in [-0.3, -0.25) is 9.78 Å². The molecule has 0 spiro atoms. The van der Waals surface area contributed by atoms with E-state index >= 15 is 0 Å². The van der Waals surface area contributed by atoms with E-state index in [0.29, 0.717) is 29.4 Å². The fourth-order valence-electron chi connectivity index (χ4n) is 3.07. The molecule has 0 radical (unpaired) electrons. The molecule has 1 N–H and O–H groups in total. The minimum atomic E-state index is -0.442. The van der Waals surface area contributed by atoms with E-state index < -0.39 is 11.7 Å². The van der Waals surface area contributed by atoms with Crippen LogP contribution in [0.1, 0.15) is 15.9 Å². The number of nitrogens with zero attached hydrogens (tertiary/aromatic N) is 4. The summed E-state index contributed by atoms with van der Waals surface area (Å²) in [6, 6.07) is 14.3. The van der Waals surface area contributed by atoms with Crippen LogP contribution in [0.5, 0.6) is 11.5 Å². The summed E-state index contributed by atoms with van der Waals surface area (Å²) >= 11 is 0. The van der Waals surface area contributed by atoms with Gasteiger partial charge in [0, 0.05) is 30.1 Å². The molecule has 9 heteroatoms. The Morgan fingerprint density at radius 3 is 2.53 bits per heavy atom. The van der Waals surface area contributed by atoms with Crippen molar-refractivity contribution < 1.29 is 18.7 Å². The van der Waals surface area contributed by atoms with Crippen molar-refractivity contribution in [1.82, 2.24) is 19.7 Å². The molecule has 32 heavy (non-hydrogen) atoms. The van der Waals surface area contributed by atoms with E-state index in [2.05, 4.69) is 20.4 Å². The zero-order valence-electron chi connectivity index (χ0n) is 17.4. The Morgan fingerprint density at radius 2 is 1.84 bits per heavy atom. The first-order chi connectivity index (χ1) is 15.6. The van der Waals surface area contributed by atoms with Gasteiger partial charge in [0.2, 0.25) is 5.95 Å². The summed E-state index contributed by atoms with van der Waals surface area (Å²) in [5.74, 6) is 0.915. The van der Waals surface area contributed by atoms with Crippen molar-refractivity contribution in [2.75, 3.05) is 19.5 Å². The Bertz CT molecular complexity index is 1230. The van der Waals surface area contributed by atoms with Crippen molar-refractivity contribution in [3.63, 3.8) is 0 Å². The Labute approximate surface area is 183 Å². The minimum absolute atomic E-state index is 0.243. The molecule has 0 saturated carbocycles. The molecule has 2 aromatic carbocycles. The molecule has 4 rings (SSSR count). The highest BCUT2D eigenvalue weighted by Gasteiger charge is 2.19. The van der Waals surface area contributed by atoms with Crippen LogP contribution in [-0.2, 0) is 6.54 Å². The highest BCUT2D eigenvalue weighted by Crippen LogP contribution is 2.28. The highest BCUT2D eigenvalue weighted by atomic mass is 19.1. The van der Waals surface area contributed by atoms with Gasteiger partial charge in [0.1, 0.15) is 5.82 Å². The number of ether oxygens (including phenoxy) is 2. The van der Waals surface area contributed by atoms with E-state index in [1.807, 2.05) is 12.1 Å². The van der Waals surface area contributed by atoms with Gasteiger partial charge in [-0.2, -0.15) is 9.67 Å². The maximum atomic E-state index is 13.3. The van der Waals surface area contributed by atoms with E-state index in [1.54, 1.807) is 44.8 Å². The quantitative estimate of drug-likeness (QED) is 0.474. The molecule has 0 amide bonds. The number of anilines is 1. The van der Waals surface area contributed by atoms with Gasteiger partial charge in [-0.15, -0.1) is 5.10 Å². The van der Waals surface area contributed by atoms with Crippen LogP contribution < -0.4 is 14.8 Å². The molecule has 8 nitrogen and oxygen atoms in total. The number of pyridine rings is 1. The third kappa shape index (κ3) is 4.41. The lowest BCUT2D eigenvalue weighted by molar-refractivity contribution is 0.0947. The summed E-state index contributed by atoms with van der Waals surface area (Å²) in [4.78, 5) is 21.6. The Morgan fingerprint density at radius 1 is 1.06 bits per heavy atom. The molecule has 0 aliphatic carbocycles. The summed E-state index contributed by atoms with van der Waals surface area (Å²) in [6.07, 6.45) is 3.25. The highest BCUT2D eigenvalue weighted by molar-refractivity contribution is 5.97. The predicted octanol–water partition coefficient (Wildman–Crippen LogP) is 3.80. The molecule has 0 bridgehead atoms. The van der Waals surface area contributed by atoms with Gasteiger partial charge < -0.3 is 14.8 Å². The minimum Gasteiger partial charge on any atom is -0.493 e. The zero-order valence-corrected chi connectivity index (χ0v) is 17.4. The number of rotatable bonds is 7. The molecule has 0 aliphatic rings. The van der Waals surface area contributed by atoms with Gasteiger partial charge in [0.25, 0.3) is 5.91 Å². The van der Waals surface area contributed by atoms with E-state index in [-0.39, 0.29) is 11.5 Å². The normalized spacial score (nSPS) is 10.6. The monoisotopic (exact) mass is 433 g/mol. The molecule has 0 atom stereocenters. The maximum Gasteiger partial charge on any atom is 0.281 e. The largest absolute Gasteiger partial charge is 0.493 e. The lowest BCUT2D eigenvalue weighted by Gasteiger charge is -2.11. The molecule has 162 valence electrons. The number of carbonyl (C=O) groups excluding carboxylic acids is 1. The Kier molecular flexibility index (Phi) is 6.07. The van der Waals surface area contributed by atoms with Crippen molar-refractivity contribution in [2.45, 2.75) is 6.54 Å². The lowest BCUT2D eigenvalue weighted by Crippen LogP contribution is -2.17. The van der Waals surface area contributed by atoms with Crippen LogP contribution in [-0.4, -0.2) is 39.9 Å². The molecule has 2 heterocycles. The number of benzene rings is 2. The van der Waals surface area contributed by atoms with Crippen LogP contribution >= 0.6 is 0 Å². The first-order valence-electron chi connectivity index (χ1n) is 9.71. The van der Waals surface area contributed by atoms with E-state index in [1.165, 1.54) is 24.3 Å². The number of methoxy groups -OCH3 is 2. The van der Waals surface area contributed by atoms with Gasteiger partial charge >= 0.3 is 0 Å². The third-order valence-electron chi connectivity index (χ3n) is 4.71. The van der Waals surface area contributed by atoms with Gasteiger partial charge in [0.15, 0.2) is 17.3 Å². The fourth-order valence-corrected chi connectivity index (χ4v) is 3.07. The van der Waals surface area contributed by atoms with Crippen LogP contribution in [0.15, 0.2) is 67.0 Å². The van der Waals surface area contributed by atoms with Crippen molar-refractivity contribution in [2.24, 2.45) is 0 Å². The summed E-state index contributed by atoms with van der Waals surface area (Å²) in [6.45, 7) is 0.349. The summed E-state index contributed by atoms with van der Waals surface area (Å²) < 4.78 is 25.1. The van der Waals surface area contributed by atoms with Crippen LogP contribution in [0.3, 0.4) is 0 Å². The average molecular weight is 433 g/mol. The van der Waals surface area contributed by atoms with Crippen molar-refractivity contribution >= 4 is 11.9 Å². The van der Waals surface area contributed by atoms with Crippen molar-refractivity contribution in [1.29, 1.82) is 0 Å². The lowest BCUT2D eigenvalue weighted by atomic mass is 10.2. The van der Waals surface area contributed by atoms with E-state index in [9.17, 15) is 9.18 Å². The second-order valence-electron chi connectivity index (χ2n) is 6.77. The first kappa shape index (κ1) is 21.0. The standard InChI is InChI=1S/C23H20FN5O3/c1-31-19-10-5-15(12-20(19)32-2)13-26-23-27-21(17-4-3-11-25-14-17)28-29(23)22(30)16-6-8-18(24)9-7-16/h3-12,14H,13H2,1-2H3,(H,26,27,28). The van der Waals surface area contributed by atoms with Gasteiger partial charge in [0.05, 0.1) is 14.2 Å². The summed E-state index contributed by atoms with van der Waals surface area (Å²) in [5.41, 5.74) is 1.82. The molecular weight excluding hydrogens is 413 g/mol. The number of carbonyl (C=O) groups is 1.